The maximum absolute atomic E-state index is 12.2. The standard InChI is InChI=1S/C19H21N3OS/c1-13(2)14-8-10-15(11-9-14)20-18(23)12-24-19-21-16-6-4-5-7-17(16)22(19)3/h4-11,13H,12H2,1-3H3,(H,20,23). The summed E-state index contributed by atoms with van der Waals surface area (Å²) in [5, 5.41) is 3.78. The highest BCUT2D eigenvalue weighted by Gasteiger charge is 2.10. The molecule has 24 heavy (non-hydrogen) atoms. The molecule has 3 aromatic rings. The lowest BCUT2D eigenvalue weighted by atomic mass is 10.0. The van der Waals surface area contributed by atoms with Gasteiger partial charge in [0.1, 0.15) is 0 Å². The van der Waals surface area contributed by atoms with Crippen molar-refractivity contribution in [1.82, 2.24) is 9.55 Å². The number of nitrogens with one attached hydrogen (secondary N) is 1. The lowest BCUT2D eigenvalue weighted by Crippen LogP contribution is -2.14. The zero-order valence-electron chi connectivity index (χ0n) is 14.1. The van der Waals surface area contributed by atoms with Crippen LogP contribution in [0.3, 0.4) is 0 Å². The number of carbonyl (C=O) groups is 1. The SMILES string of the molecule is CC(C)c1ccc(NC(=O)CSc2nc3ccccc3n2C)cc1. The molecular formula is C19H21N3OS. The zero-order chi connectivity index (χ0) is 17.1. The van der Waals surface area contributed by atoms with E-state index in [0.29, 0.717) is 11.7 Å². The molecule has 0 fully saturated rings. The molecule has 0 atom stereocenters. The smallest absolute Gasteiger partial charge is 0.234 e. The summed E-state index contributed by atoms with van der Waals surface area (Å²) >= 11 is 1.45. The number of aryl methyl sites for hydroxylation is 1. The highest BCUT2D eigenvalue weighted by molar-refractivity contribution is 7.99. The van der Waals surface area contributed by atoms with Gasteiger partial charge in [-0.2, -0.15) is 0 Å². The maximum Gasteiger partial charge on any atom is 0.234 e. The molecule has 5 heteroatoms. The Bertz CT molecular complexity index is 853. The second-order valence-corrected chi connectivity index (χ2v) is 7.00. The summed E-state index contributed by atoms with van der Waals surface area (Å²) in [6.07, 6.45) is 0. The van der Waals surface area contributed by atoms with Crippen LogP contribution in [-0.4, -0.2) is 21.2 Å². The van der Waals surface area contributed by atoms with E-state index < -0.39 is 0 Å². The number of benzene rings is 2. The largest absolute Gasteiger partial charge is 0.325 e. The summed E-state index contributed by atoms with van der Waals surface area (Å²) in [6, 6.07) is 16.0. The average molecular weight is 339 g/mol. The van der Waals surface area contributed by atoms with E-state index in [4.69, 9.17) is 0 Å². The number of aromatic nitrogens is 2. The minimum atomic E-state index is -0.0237. The van der Waals surface area contributed by atoms with Gasteiger partial charge < -0.3 is 9.88 Å². The third-order valence-electron chi connectivity index (χ3n) is 3.94. The Morgan fingerprint density at radius 1 is 1.17 bits per heavy atom. The molecule has 0 aliphatic heterocycles. The summed E-state index contributed by atoms with van der Waals surface area (Å²) in [4.78, 5) is 16.7. The van der Waals surface area contributed by atoms with Crippen LogP contribution in [0.2, 0.25) is 0 Å². The van der Waals surface area contributed by atoms with E-state index in [2.05, 4.69) is 36.3 Å². The van der Waals surface area contributed by atoms with E-state index in [-0.39, 0.29) is 5.91 Å². The first-order valence-corrected chi connectivity index (χ1v) is 8.97. The minimum Gasteiger partial charge on any atom is -0.325 e. The van der Waals surface area contributed by atoms with Gasteiger partial charge in [-0.1, -0.05) is 49.9 Å². The van der Waals surface area contributed by atoms with E-state index in [1.165, 1.54) is 17.3 Å². The number of imidazole rings is 1. The van der Waals surface area contributed by atoms with Crippen LogP contribution in [0, 0.1) is 0 Å². The zero-order valence-corrected chi connectivity index (χ0v) is 14.9. The van der Waals surface area contributed by atoms with Crippen LogP contribution in [0.25, 0.3) is 11.0 Å². The number of anilines is 1. The van der Waals surface area contributed by atoms with Crippen LogP contribution in [0.4, 0.5) is 5.69 Å². The van der Waals surface area contributed by atoms with E-state index in [1.807, 2.05) is 48.0 Å². The van der Waals surface area contributed by atoms with Crippen LogP contribution < -0.4 is 5.32 Å². The molecule has 1 heterocycles. The van der Waals surface area contributed by atoms with Gasteiger partial charge in [0.25, 0.3) is 0 Å². The molecule has 4 nitrogen and oxygen atoms in total. The molecule has 0 aliphatic carbocycles. The van der Waals surface area contributed by atoms with Crippen molar-refractivity contribution in [2.24, 2.45) is 7.05 Å². The van der Waals surface area contributed by atoms with Gasteiger partial charge in [0.15, 0.2) is 5.16 Å². The number of carbonyl (C=O) groups excluding carboxylic acids is 1. The third kappa shape index (κ3) is 3.62. The fraction of sp³-hybridized carbons (Fsp3) is 0.263. The summed E-state index contributed by atoms with van der Waals surface area (Å²) < 4.78 is 2.02. The molecule has 0 unspecified atom stereocenters. The molecule has 0 saturated carbocycles. The molecule has 0 radical (unpaired) electrons. The van der Waals surface area contributed by atoms with Crippen molar-refractivity contribution >= 4 is 34.4 Å². The van der Waals surface area contributed by atoms with Crippen molar-refractivity contribution in [3.05, 3.63) is 54.1 Å². The molecule has 0 saturated heterocycles. The highest BCUT2D eigenvalue weighted by Crippen LogP contribution is 2.23. The number of amides is 1. The average Bonchev–Trinajstić information content (AvgIpc) is 2.90. The van der Waals surface area contributed by atoms with E-state index in [9.17, 15) is 4.79 Å². The summed E-state index contributed by atoms with van der Waals surface area (Å²) in [7, 11) is 1.97. The van der Waals surface area contributed by atoms with Gasteiger partial charge >= 0.3 is 0 Å². The lowest BCUT2D eigenvalue weighted by molar-refractivity contribution is -0.113. The summed E-state index contributed by atoms with van der Waals surface area (Å²) in [6.45, 7) is 4.31. The summed E-state index contributed by atoms with van der Waals surface area (Å²) in [5.41, 5.74) is 4.12. The second-order valence-electron chi connectivity index (χ2n) is 6.06. The Morgan fingerprint density at radius 3 is 2.54 bits per heavy atom. The van der Waals surface area contributed by atoms with Gasteiger partial charge in [0.05, 0.1) is 16.8 Å². The van der Waals surface area contributed by atoms with Crippen LogP contribution in [0.15, 0.2) is 53.7 Å². The number of thioether (sulfide) groups is 1. The second kappa shape index (κ2) is 7.09. The third-order valence-corrected chi connectivity index (χ3v) is 4.97. The first-order valence-electron chi connectivity index (χ1n) is 7.98. The molecule has 1 amide bonds. The first-order chi connectivity index (χ1) is 11.5. The molecule has 3 rings (SSSR count). The lowest BCUT2D eigenvalue weighted by Gasteiger charge is -2.08. The molecule has 0 bridgehead atoms. The molecule has 124 valence electrons. The van der Waals surface area contributed by atoms with Gasteiger partial charge in [-0.3, -0.25) is 4.79 Å². The van der Waals surface area contributed by atoms with Crippen LogP contribution in [-0.2, 0) is 11.8 Å². The number of fused-ring (bicyclic) bond motifs is 1. The number of para-hydroxylation sites is 2. The van der Waals surface area contributed by atoms with Gasteiger partial charge in [-0.25, -0.2) is 4.98 Å². The fourth-order valence-electron chi connectivity index (χ4n) is 2.53. The van der Waals surface area contributed by atoms with Crippen molar-refractivity contribution in [2.75, 3.05) is 11.1 Å². The van der Waals surface area contributed by atoms with Crippen LogP contribution in [0.1, 0.15) is 25.3 Å². The first kappa shape index (κ1) is 16.6. The molecule has 0 aliphatic rings. The normalized spacial score (nSPS) is 11.2. The molecular weight excluding hydrogens is 318 g/mol. The monoisotopic (exact) mass is 339 g/mol. The molecule has 0 spiro atoms. The molecule has 1 N–H and O–H groups in total. The Balaban J connectivity index is 1.61. The van der Waals surface area contributed by atoms with Gasteiger partial charge in [0, 0.05) is 12.7 Å². The van der Waals surface area contributed by atoms with Crippen molar-refractivity contribution in [3.63, 3.8) is 0 Å². The van der Waals surface area contributed by atoms with Crippen molar-refractivity contribution in [3.8, 4) is 0 Å². The Labute approximate surface area is 146 Å². The number of rotatable bonds is 5. The predicted octanol–water partition coefficient (Wildman–Crippen LogP) is 4.43. The Hall–Kier alpha value is -2.27. The minimum absolute atomic E-state index is 0.0237. The van der Waals surface area contributed by atoms with E-state index >= 15 is 0 Å². The highest BCUT2D eigenvalue weighted by atomic mass is 32.2. The Kier molecular flexibility index (Phi) is 4.90. The van der Waals surface area contributed by atoms with Gasteiger partial charge in [0.2, 0.25) is 5.91 Å². The Morgan fingerprint density at radius 2 is 1.88 bits per heavy atom. The number of hydrogen-bond acceptors (Lipinski definition) is 3. The van der Waals surface area contributed by atoms with Gasteiger partial charge in [-0.15, -0.1) is 0 Å². The van der Waals surface area contributed by atoms with Crippen LogP contribution in [0.5, 0.6) is 0 Å². The fourth-order valence-corrected chi connectivity index (χ4v) is 3.32. The van der Waals surface area contributed by atoms with E-state index in [0.717, 1.165) is 21.9 Å². The quantitative estimate of drug-likeness (QED) is 0.700. The molecule has 2 aromatic carbocycles. The van der Waals surface area contributed by atoms with Crippen molar-refractivity contribution in [1.29, 1.82) is 0 Å². The number of hydrogen-bond donors (Lipinski definition) is 1. The van der Waals surface area contributed by atoms with Gasteiger partial charge in [-0.05, 0) is 35.7 Å². The van der Waals surface area contributed by atoms with Crippen molar-refractivity contribution in [2.45, 2.75) is 24.9 Å². The topological polar surface area (TPSA) is 46.9 Å². The summed E-state index contributed by atoms with van der Waals surface area (Å²) in [5.74, 6) is 0.801. The van der Waals surface area contributed by atoms with Crippen molar-refractivity contribution < 1.29 is 4.79 Å². The van der Waals surface area contributed by atoms with E-state index in [1.54, 1.807) is 0 Å². The predicted molar refractivity (Wildman–Crippen MR) is 101 cm³/mol. The number of nitrogens with zero attached hydrogens (tertiary/aromatic N) is 2. The molecule has 1 aromatic heterocycles. The maximum atomic E-state index is 12.2. The van der Waals surface area contributed by atoms with Crippen LogP contribution >= 0.6 is 11.8 Å².